The van der Waals surface area contributed by atoms with Crippen LogP contribution in [-0.2, 0) is 6.42 Å². The lowest BCUT2D eigenvalue weighted by Crippen LogP contribution is -2.41. The number of hydrogen-bond donors (Lipinski definition) is 3. The number of aliphatic hydroxyl groups excluding tert-OH is 1. The Morgan fingerprint density at radius 3 is 2.42 bits per heavy atom. The molecule has 11 heteroatoms. The van der Waals surface area contributed by atoms with Gasteiger partial charge in [0.05, 0.1) is 23.9 Å². The smallest absolute Gasteiger partial charge is 0.165 e. The highest BCUT2D eigenvalue weighted by Gasteiger charge is 2.40. The number of amidine groups is 1. The van der Waals surface area contributed by atoms with Gasteiger partial charge in [0.15, 0.2) is 23.3 Å². The Labute approximate surface area is 218 Å². The van der Waals surface area contributed by atoms with Crippen molar-refractivity contribution < 1.29 is 27.1 Å². The number of halogens is 5. The molecule has 3 unspecified atom stereocenters. The Kier molecular flexibility index (Phi) is 9.84. The van der Waals surface area contributed by atoms with Gasteiger partial charge in [-0.05, 0) is 56.5 Å². The average Bonchev–Trinajstić information content (AvgIpc) is 3.15. The minimum absolute atomic E-state index is 0.122. The van der Waals surface area contributed by atoms with E-state index in [1.165, 1.54) is 19.2 Å². The number of hydrogen-bond acceptors (Lipinski definition) is 6. The van der Waals surface area contributed by atoms with Crippen molar-refractivity contribution >= 4 is 11.5 Å². The number of aliphatic imine (C=N–C) groups is 1. The van der Waals surface area contributed by atoms with Crippen molar-refractivity contribution in [1.29, 1.82) is 0 Å². The van der Waals surface area contributed by atoms with Crippen molar-refractivity contribution in [2.75, 3.05) is 27.7 Å². The van der Waals surface area contributed by atoms with Gasteiger partial charge < -0.3 is 16.2 Å². The Morgan fingerprint density at radius 1 is 1.16 bits per heavy atom. The summed E-state index contributed by atoms with van der Waals surface area (Å²) in [5.41, 5.74) is 6.08. The van der Waals surface area contributed by atoms with E-state index in [1.807, 2.05) is 7.05 Å². The Bertz CT molecular complexity index is 1210. The molecule has 1 heterocycles. The molecule has 0 radical (unpaired) electrons. The van der Waals surface area contributed by atoms with Gasteiger partial charge in [-0.25, -0.2) is 22.0 Å². The lowest BCUT2D eigenvalue weighted by atomic mass is 9.83. The normalized spacial score (nSPS) is 18.9. The first-order valence-corrected chi connectivity index (χ1v) is 12.2. The van der Waals surface area contributed by atoms with Gasteiger partial charge in [-0.3, -0.25) is 10.0 Å². The van der Waals surface area contributed by atoms with Crippen LogP contribution < -0.4 is 11.1 Å². The monoisotopic (exact) mass is 537 g/mol. The third-order valence-electron chi connectivity index (χ3n) is 6.80. The second-order valence-corrected chi connectivity index (χ2v) is 9.31. The average molecular weight is 538 g/mol. The standard InChI is InChI=1S/C27H32F5N5O/c1-34-14-16(6-4-5-9-38)12-22-23(27(33)36-37(22)3)26(35-2)17-8-7-15(11-19(17)28)10-18-24(31)20(29)13-21(30)25(18)32/h5,7-9,11,13,16,22-23,34,38H,4,6,10,12,14H2,1-3H3,(H2,33,36)/b9-5+,35-26?. The topological polar surface area (TPSA) is 86.2 Å². The summed E-state index contributed by atoms with van der Waals surface area (Å²) < 4.78 is 70.9. The van der Waals surface area contributed by atoms with Crippen LogP contribution >= 0.6 is 0 Å². The van der Waals surface area contributed by atoms with Gasteiger partial charge in [0.25, 0.3) is 0 Å². The number of rotatable bonds is 11. The number of nitrogens with one attached hydrogen (secondary N) is 1. The molecule has 0 bridgehead atoms. The third-order valence-corrected chi connectivity index (χ3v) is 6.80. The summed E-state index contributed by atoms with van der Waals surface area (Å²) in [6, 6.07) is 3.82. The van der Waals surface area contributed by atoms with Gasteiger partial charge in [0.2, 0.25) is 0 Å². The number of allylic oxidation sites excluding steroid dienone is 1. The summed E-state index contributed by atoms with van der Waals surface area (Å²) in [6.45, 7) is 0.714. The molecule has 0 aliphatic carbocycles. The largest absolute Gasteiger partial charge is 0.516 e. The van der Waals surface area contributed by atoms with Crippen LogP contribution in [0.25, 0.3) is 0 Å². The molecule has 0 amide bonds. The number of nitrogens with two attached hydrogens (primary N) is 1. The highest BCUT2D eigenvalue weighted by atomic mass is 19.2. The molecule has 0 saturated carbocycles. The summed E-state index contributed by atoms with van der Waals surface area (Å²) >= 11 is 0. The zero-order valence-corrected chi connectivity index (χ0v) is 21.5. The van der Waals surface area contributed by atoms with Gasteiger partial charge in [-0.1, -0.05) is 12.1 Å². The molecule has 0 fully saturated rings. The molecule has 0 saturated heterocycles. The van der Waals surface area contributed by atoms with Gasteiger partial charge >= 0.3 is 0 Å². The molecule has 0 aromatic heterocycles. The first-order chi connectivity index (χ1) is 18.1. The second-order valence-electron chi connectivity index (χ2n) is 9.31. The van der Waals surface area contributed by atoms with Crippen molar-refractivity contribution in [3.8, 4) is 0 Å². The molecule has 206 valence electrons. The zero-order valence-electron chi connectivity index (χ0n) is 21.5. The maximum atomic E-state index is 15.4. The fraction of sp³-hybridized carbons (Fsp3) is 0.407. The summed E-state index contributed by atoms with van der Waals surface area (Å²) in [6.07, 6.45) is 4.29. The lowest BCUT2D eigenvalue weighted by Gasteiger charge is -2.30. The van der Waals surface area contributed by atoms with Crippen molar-refractivity contribution in [2.24, 2.45) is 27.7 Å². The van der Waals surface area contributed by atoms with E-state index in [1.54, 1.807) is 18.1 Å². The number of nitrogens with zero attached hydrogens (tertiary/aromatic N) is 3. The molecule has 2 aromatic carbocycles. The molecule has 3 atom stereocenters. The van der Waals surface area contributed by atoms with Crippen LogP contribution in [0.5, 0.6) is 0 Å². The van der Waals surface area contributed by atoms with E-state index in [2.05, 4.69) is 15.4 Å². The molecule has 0 spiro atoms. The summed E-state index contributed by atoms with van der Waals surface area (Å²) in [5, 5.41) is 18.3. The quantitative estimate of drug-likeness (QED) is 0.168. The van der Waals surface area contributed by atoms with Gasteiger partial charge in [0, 0.05) is 37.7 Å². The summed E-state index contributed by atoms with van der Waals surface area (Å²) in [7, 11) is 5.15. The van der Waals surface area contributed by atoms with E-state index in [0.29, 0.717) is 25.1 Å². The van der Waals surface area contributed by atoms with Crippen LogP contribution in [0.2, 0.25) is 0 Å². The lowest BCUT2D eigenvalue weighted by molar-refractivity contribution is 0.218. The van der Waals surface area contributed by atoms with E-state index < -0.39 is 47.0 Å². The van der Waals surface area contributed by atoms with E-state index in [4.69, 9.17) is 10.8 Å². The fourth-order valence-electron chi connectivity index (χ4n) is 4.97. The third kappa shape index (κ3) is 6.32. The molecule has 1 aliphatic rings. The van der Waals surface area contributed by atoms with E-state index in [0.717, 1.165) is 18.7 Å². The first-order valence-electron chi connectivity index (χ1n) is 12.2. The molecule has 6 nitrogen and oxygen atoms in total. The van der Waals surface area contributed by atoms with E-state index in [-0.39, 0.29) is 35.0 Å². The van der Waals surface area contributed by atoms with Crippen LogP contribution in [0.15, 0.2) is 46.7 Å². The molecular formula is C27H32F5N5O. The molecule has 3 rings (SSSR count). The predicted octanol–water partition coefficient (Wildman–Crippen LogP) is 4.67. The highest BCUT2D eigenvalue weighted by molar-refractivity contribution is 6.15. The van der Waals surface area contributed by atoms with Crippen LogP contribution in [0.4, 0.5) is 22.0 Å². The zero-order chi connectivity index (χ0) is 28.0. The van der Waals surface area contributed by atoms with Gasteiger partial charge in [0.1, 0.15) is 11.7 Å². The molecule has 38 heavy (non-hydrogen) atoms. The minimum Gasteiger partial charge on any atom is -0.516 e. The van der Waals surface area contributed by atoms with E-state index >= 15 is 4.39 Å². The molecular weight excluding hydrogens is 505 g/mol. The Hall–Kier alpha value is -3.47. The molecule has 2 aromatic rings. The highest BCUT2D eigenvalue weighted by Crippen LogP contribution is 2.31. The first kappa shape index (κ1) is 29.1. The minimum atomic E-state index is -1.52. The molecule has 1 aliphatic heterocycles. The predicted molar refractivity (Wildman–Crippen MR) is 138 cm³/mol. The van der Waals surface area contributed by atoms with Gasteiger partial charge in [-0.15, -0.1) is 0 Å². The number of hydrazone groups is 1. The maximum Gasteiger partial charge on any atom is 0.165 e. The van der Waals surface area contributed by atoms with Crippen LogP contribution in [-0.4, -0.2) is 55.4 Å². The summed E-state index contributed by atoms with van der Waals surface area (Å²) in [5.74, 6) is -6.84. The Morgan fingerprint density at radius 2 is 1.84 bits per heavy atom. The number of benzene rings is 2. The van der Waals surface area contributed by atoms with E-state index in [9.17, 15) is 17.6 Å². The number of aliphatic hydroxyl groups is 1. The van der Waals surface area contributed by atoms with Crippen LogP contribution in [0, 0.1) is 40.9 Å². The molecule has 4 N–H and O–H groups in total. The van der Waals surface area contributed by atoms with Crippen molar-refractivity contribution in [1.82, 2.24) is 10.3 Å². The fourth-order valence-corrected chi connectivity index (χ4v) is 4.97. The van der Waals surface area contributed by atoms with Gasteiger partial charge in [-0.2, -0.15) is 5.10 Å². The second kappa shape index (κ2) is 12.9. The maximum absolute atomic E-state index is 15.4. The SMILES string of the molecule is CN=C(c1ccc(Cc2c(F)c(F)cc(F)c2F)cc1F)C1C(N)=NN(C)C1CC(CC/C=C/O)CNC. The van der Waals surface area contributed by atoms with Crippen molar-refractivity contribution in [2.45, 2.75) is 31.7 Å². The van der Waals surface area contributed by atoms with Crippen LogP contribution in [0.3, 0.4) is 0 Å². The van der Waals surface area contributed by atoms with Crippen molar-refractivity contribution in [3.63, 3.8) is 0 Å². The van der Waals surface area contributed by atoms with Crippen molar-refractivity contribution in [3.05, 3.63) is 82.4 Å². The van der Waals surface area contributed by atoms with Crippen LogP contribution in [0.1, 0.15) is 36.0 Å². The summed E-state index contributed by atoms with van der Waals surface area (Å²) in [4.78, 5) is 4.34. The Balaban J connectivity index is 1.89.